The number of methoxy groups -OCH3 is 1. The van der Waals surface area contributed by atoms with E-state index >= 15 is 0 Å². The molecule has 2 heterocycles. The van der Waals surface area contributed by atoms with Crippen molar-refractivity contribution in [2.45, 2.75) is 87.8 Å². The molecule has 2 aromatic heterocycles. The number of anilines is 10. The third-order valence-electron chi connectivity index (χ3n) is 14.4. The second kappa shape index (κ2) is 54.5. The first-order valence-electron chi connectivity index (χ1n) is 36.6. The zero-order chi connectivity index (χ0) is 98.3. The van der Waals surface area contributed by atoms with Crippen LogP contribution in [0.2, 0.25) is 0 Å². The SMILES string of the molecule is CC(=O)Nc1c(F)c(F)c(F)c(F)c1F.CC(=O)Nc1cc(C(F)(F)F)cc(C(F)(F)F)c1.CC(=O)Nc1ccc(C#N)cc1.CC(=O)Nc1ccc(C(F)(F)F)cc1.CC(=O)Nc1ccc(F)cc1F.CC(=O)Nc1ccc([N+](=O)[O-])cc1.CC(=O)Nc1cccc2ccccc12.CC(=O)Nc1ccccn1.CC(=O)Nc1ccncc1.COc1ccccc1NC(C)=O. The van der Waals surface area contributed by atoms with Gasteiger partial charge < -0.3 is 57.9 Å². The minimum atomic E-state index is -4.92. The van der Waals surface area contributed by atoms with Crippen LogP contribution in [0.15, 0.2) is 225 Å². The molecule has 0 fully saturated rings. The summed E-state index contributed by atoms with van der Waals surface area (Å²) < 4.78 is 204. The van der Waals surface area contributed by atoms with Crippen molar-refractivity contribution >= 4 is 133 Å². The molecule has 130 heavy (non-hydrogen) atoms. The Kier molecular flexibility index (Phi) is 46.1. The van der Waals surface area contributed by atoms with Gasteiger partial charge in [0.05, 0.1) is 51.7 Å². The van der Waals surface area contributed by atoms with Crippen molar-refractivity contribution in [2.75, 3.05) is 60.3 Å². The maximum atomic E-state index is 12.8. The van der Waals surface area contributed by atoms with Crippen LogP contribution in [0, 0.1) is 62.2 Å². The predicted octanol–water partition coefficient (Wildman–Crippen LogP) is 20.2. The van der Waals surface area contributed by atoms with E-state index in [4.69, 9.17) is 10.00 Å². The molecule has 0 radical (unpaired) electrons. The van der Waals surface area contributed by atoms with Crippen LogP contribution in [0.25, 0.3) is 10.8 Å². The summed E-state index contributed by atoms with van der Waals surface area (Å²) in [7, 11) is 1.57. The number of carbonyl (C=O) groups is 10. The van der Waals surface area contributed by atoms with Crippen LogP contribution < -0.4 is 57.9 Å². The van der Waals surface area contributed by atoms with Crippen LogP contribution >= 0.6 is 0 Å². The number of nitriles is 1. The van der Waals surface area contributed by atoms with Gasteiger partial charge >= 0.3 is 18.5 Å². The number of nitrogens with one attached hydrogen (secondary N) is 10. The molecule has 0 spiro atoms. The fourth-order valence-corrected chi connectivity index (χ4v) is 9.27. The molecule has 27 nitrogen and oxygen atoms in total. The molecular formula is C87H80F16N14O13. The number of amides is 10. The Hall–Kier alpha value is -16.2. The Morgan fingerprint density at radius 2 is 0.738 bits per heavy atom. The fourth-order valence-electron chi connectivity index (χ4n) is 9.27. The first kappa shape index (κ1) is 110. The van der Waals surface area contributed by atoms with Gasteiger partial charge in [-0.2, -0.15) is 44.8 Å². The number of para-hydroxylation sites is 2. The number of nitrogens with zero attached hydrogens (tertiary/aromatic N) is 4. The van der Waals surface area contributed by atoms with E-state index in [9.17, 15) is 128 Å². The highest BCUT2D eigenvalue weighted by Gasteiger charge is 2.37. The minimum Gasteiger partial charge on any atom is -0.495 e. The average molecular weight is 1830 g/mol. The topological polar surface area (TPSA) is 393 Å². The number of ether oxygens (including phenoxy) is 1. The quantitative estimate of drug-likeness (QED) is 0.0179. The molecule has 0 atom stereocenters. The lowest BCUT2D eigenvalue weighted by atomic mass is 10.1. The van der Waals surface area contributed by atoms with Crippen LogP contribution in [0.4, 0.5) is 133 Å². The van der Waals surface area contributed by atoms with Crippen molar-refractivity contribution in [1.82, 2.24) is 9.97 Å². The van der Waals surface area contributed by atoms with Gasteiger partial charge in [-0.3, -0.25) is 63.0 Å². The Labute approximate surface area is 730 Å². The van der Waals surface area contributed by atoms with Gasteiger partial charge in [0.15, 0.2) is 23.3 Å². The van der Waals surface area contributed by atoms with E-state index in [-0.39, 0.29) is 64.7 Å². The predicted molar refractivity (Wildman–Crippen MR) is 453 cm³/mol. The molecule has 11 aromatic rings. The van der Waals surface area contributed by atoms with Gasteiger partial charge in [0.1, 0.15) is 28.9 Å². The molecule has 0 aliphatic heterocycles. The smallest absolute Gasteiger partial charge is 0.416 e. The lowest BCUT2D eigenvalue weighted by Crippen LogP contribution is -2.13. The molecule has 0 saturated heterocycles. The number of hydrogen-bond donors (Lipinski definition) is 10. The summed E-state index contributed by atoms with van der Waals surface area (Å²) >= 11 is 0. The number of nitro benzene ring substituents is 1. The van der Waals surface area contributed by atoms with Crippen LogP contribution in [0.5, 0.6) is 5.75 Å². The van der Waals surface area contributed by atoms with Crippen molar-refractivity contribution in [3.63, 3.8) is 0 Å². The number of non-ortho nitro benzene ring substituents is 1. The van der Waals surface area contributed by atoms with Crippen molar-refractivity contribution in [2.24, 2.45) is 0 Å². The third kappa shape index (κ3) is 43.9. The summed E-state index contributed by atoms with van der Waals surface area (Å²) in [5.74, 6) is -13.8. The highest BCUT2D eigenvalue weighted by molar-refractivity contribution is 6.01. The minimum absolute atomic E-state index is 0.00843. The number of benzene rings is 9. The Morgan fingerprint density at radius 3 is 1.15 bits per heavy atom. The maximum absolute atomic E-state index is 12.8. The van der Waals surface area contributed by atoms with Crippen LogP contribution in [0.3, 0.4) is 0 Å². The molecule has 11 rings (SSSR count). The molecule has 10 N–H and O–H groups in total. The summed E-state index contributed by atoms with van der Waals surface area (Å²) in [6.45, 7) is 13.1. The van der Waals surface area contributed by atoms with E-state index in [0.29, 0.717) is 58.1 Å². The van der Waals surface area contributed by atoms with Crippen molar-refractivity contribution in [3.05, 3.63) is 298 Å². The number of pyridine rings is 2. The van der Waals surface area contributed by atoms with Crippen LogP contribution in [-0.2, 0) is 66.5 Å². The zero-order valence-corrected chi connectivity index (χ0v) is 70.0. The van der Waals surface area contributed by atoms with E-state index in [2.05, 4.69) is 52.5 Å². The Balaban J connectivity index is 0.000000491. The van der Waals surface area contributed by atoms with E-state index in [1.807, 2.05) is 72.0 Å². The van der Waals surface area contributed by atoms with Gasteiger partial charge in [-0.05, 0) is 139 Å². The largest absolute Gasteiger partial charge is 0.495 e. The number of nitro groups is 1. The summed E-state index contributed by atoms with van der Waals surface area (Å²) in [6, 6.07) is 52.4. The number of halogens is 16. The first-order valence-corrected chi connectivity index (χ1v) is 36.6. The number of hydrogen-bond acceptors (Lipinski definition) is 16. The Bertz CT molecular complexity index is 5590. The van der Waals surface area contributed by atoms with E-state index < -0.39 is 104 Å². The molecule has 688 valence electrons. The molecule has 0 unspecified atom stereocenters. The normalized spacial score (nSPS) is 10.0. The molecule has 43 heteroatoms. The number of fused-ring (bicyclic) bond motifs is 1. The summed E-state index contributed by atoms with van der Waals surface area (Å²) in [5.41, 5.74) is -1.02. The zero-order valence-electron chi connectivity index (χ0n) is 70.0. The lowest BCUT2D eigenvalue weighted by Gasteiger charge is -2.14. The van der Waals surface area contributed by atoms with Gasteiger partial charge in [-0.25, -0.2) is 35.7 Å². The van der Waals surface area contributed by atoms with Gasteiger partial charge in [0.25, 0.3) is 5.69 Å². The van der Waals surface area contributed by atoms with Gasteiger partial charge in [-0.1, -0.05) is 54.6 Å². The fraction of sp³-hybridized carbons (Fsp3) is 0.161. The highest BCUT2D eigenvalue weighted by atomic mass is 19.4. The lowest BCUT2D eigenvalue weighted by molar-refractivity contribution is -0.384. The van der Waals surface area contributed by atoms with Crippen LogP contribution in [0.1, 0.15) is 91.5 Å². The van der Waals surface area contributed by atoms with Crippen molar-refractivity contribution in [1.29, 1.82) is 5.26 Å². The number of alkyl halides is 9. The van der Waals surface area contributed by atoms with Gasteiger partial charge in [0, 0.05) is 146 Å². The number of rotatable bonds is 12. The van der Waals surface area contributed by atoms with E-state index in [1.165, 1.54) is 103 Å². The standard InChI is InChI=1S/C12H11NO.C10H7F6NO.C9H8F3NO.C9H8N2O.C9H11NO2.C8H4F5NO.C8H7F2NO.C8H8N2O3.2C7H8N2O/c1-9(14)13-12-8-4-6-10-5-2-3-7-11(10)12;1-5(18)17-8-3-6(9(11,12)13)2-7(4-8)10(14,15)16;1-6(14)13-8-4-2-7(3-5-8)9(10,11)12;1-7(12)11-9-4-2-8(6-10)3-5-9;1-7(11)10-8-5-3-4-6-9(8)12-2;1-2(15)14-8-6(12)4(10)3(9)5(11)7(8)13;1-5(12)11-8-3-2-6(9)4-7(8)10;1-6(11)9-7-2-4-8(5-3-7)10(12)13;1-6(10)9-7-2-4-8-5-3-7;1-6(10)9-7-4-2-3-5-8-7/h2-8H,1H3,(H,13,14);2-4H,1H3,(H,17,18);2-5H,1H3,(H,13,14);2-5H,1H3,(H,11,12);3-6H,1-2H3,(H,10,11);1H3,(H,14,15);2-4H,1H3,(H,11,12);2-5H,1H3,(H,9,11);2*2-5H,1H3,(H,8,9,10). The second-order valence-corrected chi connectivity index (χ2v) is 25.4. The summed E-state index contributed by atoms with van der Waals surface area (Å²) in [6.07, 6.45) is -9.29. The second-order valence-electron chi connectivity index (χ2n) is 25.4. The monoisotopic (exact) mass is 1830 g/mol. The Morgan fingerprint density at radius 1 is 0.362 bits per heavy atom. The van der Waals surface area contributed by atoms with Crippen molar-refractivity contribution in [3.8, 4) is 11.8 Å². The van der Waals surface area contributed by atoms with Crippen molar-refractivity contribution < 1.29 is 128 Å². The molecule has 0 aliphatic carbocycles. The number of aromatic nitrogens is 2. The van der Waals surface area contributed by atoms with Gasteiger partial charge in [0.2, 0.25) is 64.9 Å². The first-order chi connectivity index (χ1) is 60.7. The van der Waals surface area contributed by atoms with E-state index in [0.717, 1.165) is 54.2 Å². The molecular weight excluding hydrogens is 1750 g/mol. The van der Waals surface area contributed by atoms with Crippen LogP contribution in [-0.4, -0.2) is 81.1 Å². The average Bonchev–Trinajstić information content (AvgIpc) is 0.794. The maximum Gasteiger partial charge on any atom is 0.416 e. The summed E-state index contributed by atoms with van der Waals surface area (Å²) in [5, 5.41) is 44.7. The molecule has 9 aromatic carbocycles. The number of carbonyl (C=O) groups excluding carboxylic acids is 10. The summed E-state index contributed by atoms with van der Waals surface area (Å²) in [4.78, 5) is 123. The molecule has 10 amide bonds. The molecule has 0 bridgehead atoms. The highest BCUT2D eigenvalue weighted by Crippen LogP contribution is 2.38. The van der Waals surface area contributed by atoms with E-state index in [1.54, 1.807) is 86.4 Å². The molecule has 0 aliphatic rings. The van der Waals surface area contributed by atoms with Gasteiger partial charge in [-0.15, -0.1) is 0 Å². The molecule has 0 saturated carbocycles. The third-order valence-corrected chi connectivity index (χ3v) is 14.4.